The maximum absolute atomic E-state index is 12.7. The van der Waals surface area contributed by atoms with Gasteiger partial charge in [0.1, 0.15) is 11.3 Å². The SMILES string of the molecule is Cc1cc(/C=C/C(=O)c2ccc(C(=O)OC(C)C)c(OC(C)C)c2O)cc(C)c1O. The van der Waals surface area contributed by atoms with Gasteiger partial charge in [0.25, 0.3) is 0 Å². The van der Waals surface area contributed by atoms with Crippen molar-refractivity contribution in [2.45, 2.75) is 53.8 Å². The van der Waals surface area contributed by atoms with E-state index in [0.29, 0.717) is 11.1 Å². The van der Waals surface area contributed by atoms with Gasteiger partial charge in [-0.1, -0.05) is 6.08 Å². The van der Waals surface area contributed by atoms with E-state index < -0.39 is 17.5 Å². The molecule has 0 saturated heterocycles. The number of phenolic OH excluding ortho intramolecular Hbond substituents is 2. The number of hydrogen-bond acceptors (Lipinski definition) is 6. The Bertz CT molecular complexity index is 962. The molecule has 0 aliphatic rings. The topological polar surface area (TPSA) is 93.1 Å². The summed E-state index contributed by atoms with van der Waals surface area (Å²) in [7, 11) is 0. The third kappa shape index (κ3) is 5.41. The number of ether oxygens (including phenoxy) is 2. The predicted octanol–water partition coefficient (Wildman–Crippen LogP) is 4.96. The second-order valence-corrected chi connectivity index (χ2v) is 7.66. The molecule has 2 rings (SSSR count). The summed E-state index contributed by atoms with van der Waals surface area (Å²) in [6, 6.07) is 6.30. The third-order valence-electron chi connectivity index (χ3n) is 4.25. The van der Waals surface area contributed by atoms with Crippen LogP contribution in [0.15, 0.2) is 30.3 Å². The normalized spacial score (nSPS) is 11.3. The molecule has 6 nitrogen and oxygen atoms in total. The molecule has 2 aromatic carbocycles. The Morgan fingerprint density at radius 1 is 0.900 bits per heavy atom. The van der Waals surface area contributed by atoms with Crippen molar-refractivity contribution in [3.63, 3.8) is 0 Å². The van der Waals surface area contributed by atoms with Crippen molar-refractivity contribution in [1.29, 1.82) is 0 Å². The monoisotopic (exact) mass is 412 g/mol. The molecule has 0 heterocycles. The lowest BCUT2D eigenvalue weighted by Crippen LogP contribution is -2.16. The van der Waals surface area contributed by atoms with Gasteiger partial charge in [0.15, 0.2) is 17.3 Å². The van der Waals surface area contributed by atoms with Crippen LogP contribution in [0.4, 0.5) is 0 Å². The number of phenols is 2. The van der Waals surface area contributed by atoms with Crippen LogP contribution in [0.25, 0.3) is 6.08 Å². The van der Waals surface area contributed by atoms with Gasteiger partial charge in [-0.05, 0) is 88.6 Å². The number of carbonyl (C=O) groups is 2. The Hall–Kier alpha value is -3.28. The van der Waals surface area contributed by atoms with Crippen LogP contribution in [-0.2, 0) is 4.74 Å². The number of ketones is 1. The summed E-state index contributed by atoms with van der Waals surface area (Å²) in [5.41, 5.74) is 2.21. The van der Waals surface area contributed by atoms with E-state index in [-0.39, 0.29) is 34.8 Å². The maximum atomic E-state index is 12.7. The Morgan fingerprint density at radius 3 is 2.00 bits per heavy atom. The number of aromatic hydroxyl groups is 2. The maximum Gasteiger partial charge on any atom is 0.342 e. The molecular weight excluding hydrogens is 384 g/mol. The highest BCUT2D eigenvalue weighted by Gasteiger charge is 2.24. The summed E-state index contributed by atoms with van der Waals surface area (Å²) >= 11 is 0. The molecule has 0 atom stereocenters. The van der Waals surface area contributed by atoms with E-state index in [1.54, 1.807) is 59.8 Å². The van der Waals surface area contributed by atoms with Crippen LogP contribution >= 0.6 is 0 Å². The molecule has 0 bridgehead atoms. The van der Waals surface area contributed by atoms with E-state index in [0.717, 1.165) is 5.56 Å². The van der Waals surface area contributed by atoms with Crippen molar-refractivity contribution >= 4 is 17.8 Å². The van der Waals surface area contributed by atoms with Gasteiger partial charge >= 0.3 is 5.97 Å². The molecule has 2 N–H and O–H groups in total. The molecule has 0 aliphatic carbocycles. The Morgan fingerprint density at radius 2 is 1.47 bits per heavy atom. The van der Waals surface area contributed by atoms with Gasteiger partial charge in [-0.25, -0.2) is 4.79 Å². The minimum atomic E-state index is -0.638. The molecule has 160 valence electrons. The predicted molar refractivity (Wildman–Crippen MR) is 115 cm³/mol. The largest absolute Gasteiger partial charge is 0.507 e. The molecule has 0 unspecified atom stereocenters. The van der Waals surface area contributed by atoms with Gasteiger partial charge in [0.2, 0.25) is 0 Å². The van der Waals surface area contributed by atoms with Gasteiger partial charge in [-0.15, -0.1) is 0 Å². The molecule has 0 aliphatic heterocycles. The first kappa shape index (κ1) is 23.0. The molecule has 0 spiro atoms. The van der Waals surface area contributed by atoms with Crippen LogP contribution in [0.5, 0.6) is 17.2 Å². The minimum absolute atomic E-state index is 0.00946. The van der Waals surface area contributed by atoms with Crippen molar-refractivity contribution in [2.24, 2.45) is 0 Å². The highest BCUT2D eigenvalue weighted by atomic mass is 16.5. The van der Waals surface area contributed by atoms with Crippen LogP contribution in [-0.4, -0.2) is 34.2 Å². The van der Waals surface area contributed by atoms with E-state index in [1.807, 2.05) is 0 Å². The molecule has 0 saturated carbocycles. The first-order valence-electron chi connectivity index (χ1n) is 9.77. The van der Waals surface area contributed by atoms with Gasteiger partial charge < -0.3 is 19.7 Å². The number of hydrogen-bond donors (Lipinski definition) is 2. The van der Waals surface area contributed by atoms with Crippen LogP contribution in [0.2, 0.25) is 0 Å². The standard InChI is InChI=1S/C24H28O6/c1-13(2)29-23-19(24(28)30-14(3)4)9-8-18(22(23)27)20(25)10-7-17-11-15(5)21(26)16(6)12-17/h7-14,26-27H,1-6H3/b10-7+. The first-order valence-corrected chi connectivity index (χ1v) is 9.77. The number of rotatable bonds is 7. The molecule has 0 radical (unpaired) electrons. The molecule has 0 amide bonds. The minimum Gasteiger partial charge on any atom is -0.507 e. The van der Waals surface area contributed by atoms with Gasteiger partial charge in [0.05, 0.1) is 17.8 Å². The average molecular weight is 412 g/mol. The van der Waals surface area contributed by atoms with Crippen LogP contribution in [0.3, 0.4) is 0 Å². The number of esters is 1. The summed E-state index contributed by atoms with van der Waals surface area (Å²) in [5.74, 6) is -1.36. The summed E-state index contributed by atoms with van der Waals surface area (Å²) in [4.78, 5) is 25.1. The van der Waals surface area contributed by atoms with Crippen LogP contribution in [0, 0.1) is 13.8 Å². The zero-order valence-electron chi connectivity index (χ0n) is 18.1. The molecule has 30 heavy (non-hydrogen) atoms. The second-order valence-electron chi connectivity index (χ2n) is 7.66. The van der Waals surface area contributed by atoms with Gasteiger partial charge in [-0.3, -0.25) is 4.79 Å². The number of benzene rings is 2. The first-order chi connectivity index (χ1) is 14.0. The number of aryl methyl sites for hydroxylation is 2. The Balaban J connectivity index is 2.41. The number of carbonyl (C=O) groups excluding carboxylic acids is 2. The second kappa shape index (κ2) is 9.48. The van der Waals surface area contributed by atoms with Crippen LogP contribution in [0.1, 0.15) is 65.1 Å². The quantitative estimate of drug-likeness (QED) is 0.379. The average Bonchev–Trinajstić information content (AvgIpc) is 2.64. The Labute approximate surface area is 176 Å². The van der Waals surface area contributed by atoms with E-state index in [1.165, 1.54) is 18.2 Å². The fourth-order valence-electron chi connectivity index (χ4n) is 2.91. The lowest BCUT2D eigenvalue weighted by Gasteiger charge is -2.17. The zero-order valence-corrected chi connectivity index (χ0v) is 18.1. The molecule has 2 aromatic rings. The van der Waals surface area contributed by atoms with Crippen molar-refractivity contribution < 1.29 is 29.3 Å². The smallest absolute Gasteiger partial charge is 0.342 e. The van der Waals surface area contributed by atoms with E-state index in [2.05, 4.69) is 0 Å². The summed E-state index contributed by atoms with van der Waals surface area (Å²) in [6.45, 7) is 10.5. The van der Waals surface area contributed by atoms with E-state index in [4.69, 9.17) is 9.47 Å². The van der Waals surface area contributed by atoms with Crippen LogP contribution < -0.4 is 4.74 Å². The number of allylic oxidation sites excluding steroid dienone is 1. The zero-order chi connectivity index (χ0) is 22.6. The van der Waals surface area contributed by atoms with Crippen molar-refractivity contribution in [2.75, 3.05) is 0 Å². The lowest BCUT2D eigenvalue weighted by atomic mass is 10.0. The molecule has 0 aromatic heterocycles. The molecule has 6 heteroatoms. The fraction of sp³-hybridized carbons (Fsp3) is 0.333. The van der Waals surface area contributed by atoms with Crippen molar-refractivity contribution in [3.8, 4) is 17.2 Å². The highest BCUT2D eigenvalue weighted by molar-refractivity contribution is 6.10. The van der Waals surface area contributed by atoms with E-state index >= 15 is 0 Å². The lowest BCUT2D eigenvalue weighted by molar-refractivity contribution is 0.0370. The van der Waals surface area contributed by atoms with Gasteiger partial charge in [-0.2, -0.15) is 0 Å². The summed E-state index contributed by atoms with van der Waals surface area (Å²) < 4.78 is 10.8. The highest BCUT2D eigenvalue weighted by Crippen LogP contribution is 2.36. The van der Waals surface area contributed by atoms with Crippen molar-refractivity contribution in [1.82, 2.24) is 0 Å². The Kier molecular flexibility index (Phi) is 7.27. The van der Waals surface area contributed by atoms with Gasteiger partial charge in [0, 0.05) is 0 Å². The molecule has 0 fully saturated rings. The summed E-state index contributed by atoms with van der Waals surface area (Å²) in [6.07, 6.45) is 2.26. The summed E-state index contributed by atoms with van der Waals surface area (Å²) in [5, 5.41) is 20.5. The third-order valence-corrected chi connectivity index (χ3v) is 4.25. The molecular formula is C24H28O6. The van der Waals surface area contributed by atoms with E-state index in [9.17, 15) is 19.8 Å². The van der Waals surface area contributed by atoms with Crippen molar-refractivity contribution in [3.05, 3.63) is 58.2 Å². The fourth-order valence-corrected chi connectivity index (χ4v) is 2.91.